The Bertz CT molecular complexity index is 725. The number of aromatic nitrogens is 2. The quantitative estimate of drug-likeness (QED) is 0.778. The molecular formula is C18H19N3. The first-order valence-corrected chi connectivity index (χ1v) is 7.16. The largest absolute Gasteiger partial charge is 0.384 e. The molecule has 21 heavy (non-hydrogen) atoms. The van der Waals surface area contributed by atoms with Crippen molar-refractivity contribution in [2.24, 2.45) is 0 Å². The third kappa shape index (κ3) is 2.68. The Morgan fingerprint density at radius 1 is 0.952 bits per heavy atom. The van der Waals surface area contributed by atoms with Gasteiger partial charge >= 0.3 is 0 Å². The zero-order valence-corrected chi connectivity index (χ0v) is 12.3. The van der Waals surface area contributed by atoms with Crippen molar-refractivity contribution in [3.05, 3.63) is 66.2 Å². The minimum absolute atomic E-state index is 0.522. The van der Waals surface area contributed by atoms with Crippen molar-refractivity contribution in [3.8, 4) is 16.9 Å². The van der Waals surface area contributed by atoms with Crippen molar-refractivity contribution < 1.29 is 0 Å². The Kier molecular flexibility index (Phi) is 3.48. The average molecular weight is 277 g/mol. The molecule has 1 aromatic heterocycles. The zero-order chi connectivity index (χ0) is 14.8. The summed E-state index contributed by atoms with van der Waals surface area (Å²) < 4.78 is 1.78. The SMILES string of the molecule is CC(C)c1ccc(-n2nc(-c3ccccc3)cc2N)cc1. The fourth-order valence-corrected chi connectivity index (χ4v) is 2.35. The van der Waals surface area contributed by atoms with Gasteiger partial charge in [0.25, 0.3) is 0 Å². The maximum Gasteiger partial charge on any atom is 0.127 e. The maximum absolute atomic E-state index is 6.11. The van der Waals surface area contributed by atoms with Crippen LogP contribution in [0.4, 0.5) is 5.82 Å². The maximum atomic E-state index is 6.11. The van der Waals surface area contributed by atoms with Crippen LogP contribution in [-0.2, 0) is 0 Å². The summed E-state index contributed by atoms with van der Waals surface area (Å²) >= 11 is 0. The molecule has 2 aromatic carbocycles. The lowest BCUT2D eigenvalue weighted by Crippen LogP contribution is -2.02. The van der Waals surface area contributed by atoms with E-state index in [-0.39, 0.29) is 0 Å². The minimum Gasteiger partial charge on any atom is -0.384 e. The fourth-order valence-electron chi connectivity index (χ4n) is 2.35. The van der Waals surface area contributed by atoms with Crippen LogP contribution >= 0.6 is 0 Å². The molecular weight excluding hydrogens is 258 g/mol. The topological polar surface area (TPSA) is 43.8 Å². The summed E-state index contributed by atoms with van der Waals surface area (Å²) in [5.41, 5.74) is 10.4. The summed E-state index contributed by atoms with van der Waals surface area (Å²) in [4.78, 5) is 0. The first-order valence-electron chi connectivity index (χ1n) is 7.16. The van der Waals surface area contributed by atoms with Crippen molar-refractivity contribution in [1.82, 2.24) is 9.78 Å². The van der Waals surface area contributed by atoms with Gasteiger partial charge in [-0.25, -0.2) is 4.68 Å². The van der Waals surface area contributed by atoms with E-state index in [0.29, 0.717) is 11.7 Å². The van der Waals surface area contributed by atoms with Crippen LogP contribution in [0, 0.1) is 0 Å². The minimum atomic E-state index is 0.522. The van der Waals surface area contributed by atoms with E-state index < -0.39 is 0 Å². The van der Waals surface area contributed by atoms with Gasteiger partial charge in [-0.2, -0.15) is 5.10 Å². The number of benzene rings is 2. The number of anilines is 1. The first-order chi connectivity index (χ1) is 10.1. The van der Waals surface area contributed by atoms with Crippen LogP contribution in [0.5, 0.6) is 0 Å². The molecule has 3 rings (SSSR count). The number of nitrogens with two attached hydrogens (primary N) is 1. The van der Waals surface area contributed by atoms with Crippen LogP contribution in [0.15, 0.2) is 60.7 Å². The van der Waals surface area contributed by atoms with Crippen LogP contribution in [0.1, 0.15) is 25.3 Å². The third-order valence-corrected chi connectivity index (χ3v) is 3.61. The molecule has 0 saturated carbocycles. The van der Waals surface area contributed by atoms with E-state index in [0.717, 1.165) is 16.9 Å². The molecule has 3 heteroatoms. The molecule has 0 aliphatic heterocycles. The van der Waals surface area contributed by atoms with Crippen molar-refractivity contribution in [2.45, 2.75) is 19.8 Å². The summed E-state index contributed by atoms with van der Waals surface area (Å²) in [7, 11) is 0. The standard InChI is InChI=1S/C18H19N3/c1-13(2)14-8-10-16(11-9-14)21-18(19)12-17(20-21)15-6-4-3-5-7-15/h3-13H,19H2,1-2H3. The van der Waals surface area contributed by atoms with E-state index in [1.165, 1.54) is 5.56 Å². The molecule has 3 nitrogen and oxygen atoms in total. The van der Waals surface area contributed by atoms with Crippen molar-refractivity contribution in [2.75, 3.05) is 5.73 Å². The highest BCUT2D eigenvalue weighted by Gasteiger charge is 2.09. The molecule has 0 bridgehead atoms. The second-order valence-electron chi connectivity index (χ2n) is 5.48. The molecule has 0 amide bonds. The normalized spacial score (nSPS) is 11.0. The summed E-state index contributed by atoms with van der Waals surface area (Å²) in [5.74, 6) is 1.17. The van der Waals surface area contributed by atoms with Crippen molar-refractivity contribution >= 4 is 5.82 Å². The van der Waals surface area contributed by atoms with E-state index in [1.807, 2.05) is 36.4 Å². The van der Waals surface area contributed by atoms with Gasteiger partial charge in [-0.1, -0.05) is 56.3 Å². The van der Waals surface area contributed by atoms with Gasteiger partial charge in [0.2, 0.25) is 0 Å². The molecule has 0 fully saturated rings. The number of hydrogen-bond acceptors (Lipinski definition) is 2. The monoisotopic (exact) mass is 277 g/mol. The molecule has 0 saturated heterocycles. The average Bonchev–Trinajstić information content (AvgIpc) is 2.90. The Hall–Kier alpha value is -2.55. The van der Waals surface area contributed by atoms with E-state index >= 15 is 0 Å². The zero-order valence-electron chi connectivity index (χ0n) is 12.3. The van der Waals surface area contributed by atoms with Gasteiger partial charge < -0.3 is 5.73 Å². The van der Waals surface area contributed by atoms with E-state index in [2.05, 4.69) is 43.2 Å². The second-order valence-corrected chi connectivity index (χ2v) is 5.48. The lowest BCUT2D eigenvalue weighted by molar-refractivity contribution is 0.857. The second kappa shape index (κ2) is 5.44. The van der Waals surface area contributed by atoms with Gasteiger partial charge in [-0.3, -0.25) is 0 Å². The lowest BCUT2D eigenvalue weighted by atomic mass is 10.0. The van der Waals surface area contributed by atoms with E-state index in [4.69, 9.17) is 5.73 Å². The number of rotatable bonds is 3. The fraction of sp³-hybridized carbons (Fsp3) is 0.167. The molecule has 0 aliphatic carbocycles. The highest BCUT2D eigenvalue weighted by Crippen LogP contribution is 2.23. The molecule has 0 atom stereocenters. The van der Waals surface area contributed by atoms with E-state index in [1.54, 1.807) is 4.68 Å². The molecule has 1 heterocycles. The molecule has 3 aromatic rings. The summed E-state index contributed by atoms with van der Waals surface area (Å²) in [6.07, 6.45) is 0. The van der Waals surface area contributed by atoms with Gasteiger partial charge in [0.05, 0.1) is 11.4 Å². The van der Waals surface area contributed by atoms with Crippen LogP contribution in [0.2, 0.25) is 0 Å². The molecule has 0 aliphatic rings. The van der Waals surface area contributed by atoms with Crippen LogP contribution in [-0.4, -0.2) is 9.78 Å². The Morgan fingerprint density at radius 3 is 2.24 bits per heavy atom. The molecule has 0 unspecified atom stereocenters. The third-order valence-electron chi connectivity index (χ3n) is 3.61. The van der Waals surface area contributed by atoms with Crippen LogP contribution < -0.4 is 5.73 Å². The Labute approximate surface area is 125 Å². The number of hydrogen-bond donors (Lipinski definition) is 1. The van der Waals surface area contributed by atoms with Crippen molar-refractivity contribution in [3.63, 3.8) is 0 Å². The summed E-state index contributed by atoms with van der Waals surface area (Å²) in [5, 5.41) is 4.62. The lowest BCUT2D eigenvalue weighted by Gasteiger charge is -2.08. The smallest absolute Gasteiger partial charge is 0.127 e. The highest BCUT2D eigenvalue weighted by molar-refractivity contribution is 5.63. The van der Waals surface area contributed by atoms with Crippen molar-refractivity contribution in [1.29, 1.82) is 0 Å². The van der Waals surface area contributed by atoms with E-state index in [9.17, 15) is 0 Å². The first kappa shape index (κ1) is 13.4. The summed E-state index contributed by atoms with van der Waals surface area (Å²) in [6.45, 7) is 4.37. The van der Waals surface area contributed by atoms with Crippen LogP contribution in [0.25, 0.3) is 16.9 Å². The Morgan fingerprint density at radius 2 is 1.62 bits per heavy atom. The number of nitrogen functional groups attached to an aromatic ring is 1. The predicted molar refractivity (Wildman–Crippen MR) is 87.5 cm³/mol. The molecule has 106 valence electrons. The summed E-state index contributed by atoms with van der Waals surface area (Å²) in [6, 6.07) is 20.4. The van der Waals surface area contributed by atoms with Crippen LogP contribution in [0.3, 0.4) is 0 Å². The molecule has 2 N–H and O–H groups in total. The number of nitrogens with zero attached hydrogens (tertiary/aromatic N) is 2. The Balaban J connectivity index is 1.98. The van der Waals surface area contributed by atoms with Gasteiger partial charge in [0.1, 0.15) is 5.82 Å². The molecule has 0 radical (unpaired) electrons. The predicted octanol–water partition coefficient (Wildman–Crippen LogP) is 4.24. The van der Waals surface area contributed by atoms with Gasteiger partial charge in [0, 0.05) is 11.6 Å². The van der Waals surface area contributed by atoms with Gasteiger partial charge in [-0.15, -0.1) is 0 Å². The highest BCUT2D eigenvalue weighted by atomic mass is 15.3. The molecule has 0 spiro atoms. The van der Waals surface area contributed by atoms with Gasteiger partial charge in [-0.05, 0) is 23.6 Å². The van der Waals surface area contributed by atoms with Gasteiger partial charge in [0.15, 0.2) is 0 Å².